The highest BCUT2D eigenvalue weighted by molar-refractivity contribution is 5.64. The number of benzene rings is 6. The maximum Gasteiger partial charge on any atom is 0.508 e. The highest BCUT2D eigenvalue weighted by Gasteiger charge is 2.40. The van der Waals surface area contributed by atoms with Crippen molar-refractivity contribution >= 4 is 11.8 Å². The van der Waals surface area contributed by atoms with Crippen molar-refractivity contribution in [1.82, 2.24) is 9.80 Å². The van der Waals surface area contributed by atoms with Crippen molar-refractivity contribution in [3.63, 3.8) is 0 Å². The number of hydrogen-bond acceptors (Lipinski definition) is 28. The maximum atomic E-state index is 11.1. The van der Waals surface area contributed by atoms with Crippen molar-refractivity contribution in [3.8, 4) is 22.6 Å². The molecule has 0 heterocycles. The van der Waals surface area contributed by atoms with Gasteiger partial charge in [-0.25, -0.2) is 4.79 Å². The number of aliphatic hydroxyl groups is 20. The summed E-state index contributed by atoms with van der Waals surface area (Å²) in [6.07, 6.45) is 26.2. The first-order valence-electron chi connectivity index (χ1n) is 48.9. The van der Waals surface area contributed by atoms with E-state index in [4.69, 9.17) is 91.2 Å². The molecule has 6 aromatic carbocycles. The topological polar surface area (TPSA) is 490 Å². The minimum absolute atomic E-state index is 0.0190. The molecular weight excluding hydrogens is 1720 g/mol. The monoisotopic (exact) mass is 1890 g/mol. The quantitative estimate of drug-likeness (QED) is 0.0125. The van der Waals surface area contributed by atoms with Gasteiger partial charge in [-0.2, -0.15) is 0 Å². The lowest BCUT2D eigenvalue weighted by Crippen LogP contribution is -2.38. The van der Waals surface area contributed by atoms with E-state index >= 15 is 0 Å². The van der Waals surface area contributed by atoms with Crippen LogP contribution in [-0.2, 0) is 40.9 Å². The molecule has 22 N–H and O–H groups in total. The molecule has 10 rings (SSSR count). The average Bonchev–Trinajstić information content (AvgIpc) is 0.808. The zero-order valence-corrected chi connectivity index (χ0v) is 82.1. The molecule has 4 saturated carbocycles. The zero-order chi connectivity index (χ0) is 100. The van der Waals surface area contributed by atoms with Gasteiger partial charge in [0.15, 0.2) is 0 Å². The van der Waals surface area contributed by atoms with Crippen molar-refractivity contribution in [2.45, 2.75) is 264 Å². The number of hydrogen-bond donors (Lipinski definition) is 22. The van der Waals surface area contributed by atoms with Crippen molar-refractivity contribution < 1.29 is 127 Å². The number of aliphatic hydroxyl groups excluding tert-OH is 20. The van der Waals surface area contributed by atoms with Gasteiger partial charge in [-0.3, -0.25) is 4.90 Å². The number of anilines is 1. The number of ether oxygens (including phenoxy) is 2. The number of unbranched alkanes of at least 4 members (excludes halogenated alkanes) is 6. The van der Waals surface area contributed by atoms with Crippen LogP contribution in [0.2, 0.25) is 0 Å². The molecule has 0 radical (unpaired) electrons. The molecule has 1 unspecified atom stereocenters. The Labute approximate surface area is 801 Å². The molecule has 0 aliphatic heterocycles. The molecule has 4 aliphatic rings. The van der Waals surface area contributed by atoms with E-state index in [2.05, 4.69) is 27.7 Å². The Balaban J connectivity index is 0.00000148. The summed E-state index contributed by atoms with van der Waals surface area (Å²) in [5.41, 5.74) is 9.85. The summed E-state index contributed by atoms with van der Waals surface area (Å²) in [7, 11) is 1.85. The van der Waals surface area contributed by atoms with Gasteiger partial charge in [0.25, 0.3) is 0 Å². The van der Waals surface area contributed by atoms with Gasteiger partial charge < -0.3 is 132 Å². The van der Waals surface area contributed by atoms with Gasteiger partial charge in [0, 0.05) is 76.8 Å². The molecule has 28 nitrogen and oxygen atoms in total. The van der Waals surface area contributed by atoms with E-state index < -0.39 is 12.3 Å². The van der Waals surface area contributed by atoms with E-state index in [9.17, 15) is 35.4 Å². The van der Waals surface area contributed by atoms with Crippen LogP contribution in [0.4, 0.5) is 10.5 Å². The highest BCUT2D eigenvalue weighted by atomic mass is 16.7. The third kappa shape index (κ3) is 62.1. The van der Waals surface area contributed by atoms with Gasteiger partial charge in [-0.05, 0) is 291 Å². The molecule has 0 amide bonds. The number of para-hydroxylation sites is 1. The molecule has 0 saturated heterocycles. The summed E-state index contributed by atoms with van der Waals surface area (Å²) in [5.74, 6) is 3.80. The van der Waals surface area contributed by atoms with Crippen LogP contribution in [0.1, 0.15) is 235 Å². The summed E-state index contributed by atoms with van der Waals surface area (Å²) in [6.45, 7) is 19.5. The third-order valence-corrected chi connectivity index (χ3v) is 24.4. The lowest BCUT2D eigenvalue weighted by molar-refractivity contribution is 0.00231. The molecule has 4 aliphatic carbocycles. The van der Waals surface area contributed by atoms with Gasteiger partial charge in [0.2, 0.25) is 0 Å². The fraction of sp³-hybridized carbons (Fsp3) is 0.651. The second kappa shape index (κ2) is 82.0. The Bertz CT molecular complexity index is 3360. The van der Waals surface area contributed by atoms with Crippen LogP contribution in [-0.4, -0.2) is 311 Å². The van der Waals surface area contributed by atoms with E-state index in [0.717, 1.165) is 183 Å². The number of carbonyl (C=O) groups excluding carboxylic acids is 1. The Morgan fingerprint density at radius 3 is 0.970 bits per heavy atom. The van der Waals surface area contributed by atoms with Crippen molar-refractivity contribution in [2.24, 2.45) is 29.1 Å². The molecule has 28 heteroatoms. The van der Waals surface area contributed by atoms with Crippen molar-refractivity contribution in [3.05, 3.63) is 185 Å². The molecule has 0 aromatic heterocycles. The van der Waals surface area contributed by atoms with Crippen LogP contribution in [0, 0.1) is 29.1 Å². The van der Waals surface area contributed by atoms with Gasteiger partial charge >= 0.3 is 6.16 Å². The van der Waals surface area contributed by atoms with Crippen LogP contribution >= 0.6 is 0 Å². The lowest BCUT2D eigenvalue weighted by Gasteiger charge is -2.46. The first kappa shape index (κ1) is 127. The molecule has 6 aromatic rings. The Morgan fingerprint density at radius 1 is 0.373 bits per heavy atom. The molecule has 768 valence electrons. The van der Waals surface area contributed by atoms with Crippen molar-refractivity contribution in [2.75, 3.05) is 157 Å². The smallest absolute Gasteiger partial charge is 0.508 e. The predicted octanol–water partition coefficient (Wildman–Crippen LogP) is 11.4. The van der Waals surface area contributed by atoms with E-state index in [0.29, 0.717) is 70.7 Å². The second-order valence-corrected chi connectivity index (χ2v) is 35.7. The minimum atomic E-state index is -0.598. The standard InChI is InChI=1S/C15H28O2.C15H16O2.C14H14O2.C13H26O5.C13H24O2.C10H15NO2.C10H14O2.C6H15NO2.C5H13NO2.C3H8O2.C2H6O2/c2*1-15(2,11-3-7-13(16)8-4-11)12-5-9-14(17)10-6-12;15-9-11-1-5-13(6-2-11)14-7-3-12(10-16)4-8-14;14-9-5-1-3-7-11-17-13(16)18-12-8-4-2-6-10-15;14-12-5-1-10(2-6-12)9-11-3-7-13(15)8-4-11;12-8-6-11(7-9-13)10-4-2-1-3-5-10;11-7-5-9-1-2-10(4-3-9)6-8-12;1-2-7(3-5-8)4-6-9;1-6(2-4-7)3-5-8;1-3(5)2-4;3-1-2-4/h11-14,16-17H,3-10H2,1-2H3;3-10,16-17H,1-2H3;1-8,15-16H,9-10H2;14-15H,1-12H2;10-15H,1-9H2;1-5,12-13H,6-9H2;1-4,11-12H,5-8H2;8-9H,2-6H2,1H3;7-8H,2-5H2,1H3;3-5H,2H2,1H3;3-4H,1-2H2. The summed E-state index contributed by atoms with van der Waals surface area (Å²) >= 11 is 0. The molecule has 0 spiro atoms. The van der Waals surface area contributed by atoms with Crippen LogP contribution in [0.15, 0.2) is 152 Å². The highest BCUT2D eigenvalue weighted by Crippen LogP contribution is 2.48. The van der Waals surface area contributed by atoms with E-state index in [1.807, 2.05) is 156 Å². The number of phenols is 2. The largest absolute Gasteiger partial charge is 0.508 e. The molecule has 0 bridgehead atoms. The molecule has 4 fully saturated rings. The van der Waals surface area contributed by atoms with Gasteiger partial charge in [-0.1, -0.05) is 163 Å². The van der Waals surface area contributed by atoms with Crippen LogP contribution in [0.3, 0.4) is 0 Å². The fourth-order valence-corrected chi connectivity index (χ4v) is 15.8. The maximum absolute atomic E-state index is 11.1. The Kier molecular flexibility index (Phi) is 77.8. The lowest BCUT2D eigenvalue weighted by atomic mass is 9.60. The second-order valence-electron chi connectivity index (χ2n) is 35.7. The van der Waals surface area contributed by atoms with Gasteiger partial charge in [-0.15, -0.1) is 0 Å². The number of rotatable bonds is 41. The number of carbonyl (C=O) groups is 1. The molecule has 134 heavy (non-hydrogen) atoms. The fourth-order valence-electron chi connectivity index (χ4n) is 15.8. The normalized spacial score (nSPS) is 18.0. The number of aromatic hydroxyl groups is 2. The first-order valence-corrected chi connectivity index (χ1v) is 48.9. The summed E-state index contributed by atoms with van der Waals surface area (Å²) in [4.78, 5) is 16.9. The van der Waals surface area contributed by atoms with Gasteiger partial charge in [0.1, 0.15) is 11.5 Å². The Hall–Kier alpha value is -6.89. The van der Waals surface area contributed by atoms with Gasteiger partial charge in [0.05, 0.1) is 116 Å². The van der Waals surface area contributed by atoms with E-state index in [1.54, 1.807) is 24.3 Å². The summed E-state index contributed by atoms with van der Waals surface area (Å²) in [6, 6.07) is 47.7. The third-order valence-electron chi connectivity index (χ3n) is 24.4. The average molecular weight is 1900 g/mol. The first-order chi connectivity index (χ1) is 64.5. The number of phenolic OH excluding ortho intramolecular Hbond substituents is 2. The number of likely N-dealkylation sites (N-methyl/N-ethyl adjacent to an activating group) is 2. The molecule has 1 atom stereocenters. The number of nitrogens with zero attached hydrogens (tertiary/aromatic N) is 3. The van der Waals surface area contributed by atoms with Crippen LogP contribution in [0.5, 0.6) is 11.5 Å². The Morgan fingerprint density at radius 2 is 0.687 bits per heavy atom. The van der Waals surface area contributed by atoms with Crippen molar-refractivity contribution in [1.29, 1.82) is 0 Å². The van der Waals surface area contributed by atoms with Crippen LogP contribution < -0.4 is 4.90 Å². The minimum Gasteiger partial charge on any atom is -0.508 e. The van der Waals surface area contributed by atoms with E-state index in [-0.39, 0.29) is 140 Å². The van der Waals surface area contributed by atoms with E-state index in [1.165, 1.54) is 64.7 Å². The SMILES string of the molecule is CC(C)(C1CCC(O)CC1)C1CCC(O)CC1.CC(C)(c1ccc(O)cc1)c1ccc(O)cc1.CC(O)CO.CCN(CCO)CCO.CN(CCO)CCO.O=C(OCCCCCCO)OCCCCCCO.OC1CCC(CC2CCC(O)CC2)CC1.OCCN(CCO)c1ccccc1.OCCO.OCCc1ccc(CCO)cc1.OCc1ccc(-c2ccc(CO)cc2)cc1. The summed E-state index contributed by atoms with van der Waals surface area (Å²) in [5, 5.41) is 191. The zero-order valence-electron chi connectivity index (χ0n) is 82.1. The molecular formula is C106H179N3O25. The summed E-state index contributed by atoms with van der Waals surface area (Å²) < 4.78 is 9.77. The predicted molar refractivity (Wildman–Crippen MR) is 532 cm³/mol. The van der Waals surface area contributed by atoms with Crippen LogP contribution in [0.25, 0.3) is 11.1 Å².